The van der Waals surface area contributed by atoms with Gasteiger partial charge in [0.05, 0.1) is 5.75 Å². The molecule has 0 radical (unpaired) electrons. The van der Waals surface area contributed by atoms with E-state index in [-0.39, 0.29) is 23.1 Å². The van der Waals surface area contributed by atoms with Crippen molar-refractivity contribution in [3.8, 4) is 0 Å². The fraction of sp³-hybridized carbons (Fsp3) is 0.682. The van der Waals surface area contributed by atoms with E-state index < -0.39 is 15.1 Å². The van der Waals surface area contributed by atoms with E-state index in [1.807, 2.05) is 13.8 Å². The van der Waals surface area contributed by atoms with Crippen LogP contribution in [0.5, 0.6) is 0 Å². The molecule has 0 bridgehead atoms. The molecule has 1 N–H and O–H groups in total. The summed E-state index contributed by atoms with van der Waals surface area (Å²) in [6.45, 7) is 11.9. The predicted molar refractivity (Wildman–Crippen MR) is 112 cm³/mol. The summed E-state index contributed by atoms with van der Waals surface area (Å²) in [5, 5.41) is 1.92. The highest BCUT2D eigenvalue weighted by atomic mass is 32.2. The van der Waals surface area contributed by atoms with Crippen LogP contribution < -0.4 is 5.32 Å². The van der Waals surface area contributed by atoms with Crippen molar-refractivity contribution in [3.63, 3.8) is 0 Å². The van der Waals surface area contributed by atoms with Crippen molar-refractivity contribution in [1.29, 1.82) is 0 Å². The Morgan fingerprint density at radius 2 is 1.63 bits per heavy atom. The van der Waals surface area contributed by atoms with E-state index >= 15 is 0 Å². The Morgan fingerprint density at radius 3 is 2.11 bits per heavy atom. The fourth-order valence-corrected chi connectivity index (χ4v) is 5.21. The van der Waals surface area contributed by atoms with Crippen molar-refractivity contribution in [2.75, 3.05) is 0 Å². The van der Waals surface area contributed by atoms with Gasteiger partial charge in [-0.2, -0.15) is 0 Å². The number of aryl methyl sites for hydroxylation is 2. The molecule has 1 atom stereocenters. The fourth-order valence-electron chi connectivity index (χ4n) is 3.71. The van der Waals surface area contributed by atoms with E-state index in [0.717, 1.165) is 42.4 Å². The summed E-state index contributed by atoms with van der Waals surface area (Å²) >= 11 is 0. The van der Waals surface area contributed by atoms with Crippen LogP contribution in [0.25, 0.3) is 0 Å². The highest BCUT2D eigenvalue weighted by Gasteiger charge is 2.31. The zero-order valence-corrected chi connectivity index (χ0v) is 18.5. The van der Waals surface area contributed by atoms with Gasteiger partial charge < -0.3 is 5.32 Å². The van der Waals surface area contributed by atoms with Gasteiger partial charge in [0.25, 0.3) is 0 Å². The van der Waals surface area contributed by atoms with Crippen LogP contribution in [0.1, 0.15) is 82.1 Å². The molecule has 1 aromatic carbocycles. The largest absolute Gasteiger partial charge is 0.352 e. The molecular formula is C22H35NO3S. The lowest BCUT2D eigenvalue weighted by atomic mass is 9.84. The van der Waals surface area contributed by atoms with E-state index in [1.54, 1.807) is 0 Å². The molecule has 0 aliphatic heterocycles. The van der Waals surface area contributed by atoms with Gasteiger partial charge in [-0.05, 0) is 61.3 Å². The van der Waals surface area contributed by atoms with Gasteiger partial charge in [-0.15, -0.1) is 0 Å². The Bertz CT molecular complexity index is 761. The lowest BCUT2D eigenvalue weighted by Gasteiger charge is -2.25. The van der Waals surface area contributed by atoms with Gasteiger partial charge in [0.15, 0.2) is 9.84 Å². The van der Waals surface area contributed by atoms with Gasteiger partial charge in [0.2, 0.25) is 5.91 Å². The van der Waals surface area contributed by atoms with Crippen LogP contribution in [0.2, 0.25) is 0 Å². The van der Waals surface area contributed by atoms with Gasteiger partial charge in [-0.25, -0.2) is 8.42 Å². The molecule has 1 aliphatic rings. The number of nitrogens with one attached hydrogen (secondary N) is 1. The zero-order valence-electron chi connectivity index (χ0n) is 17.7. The van der Waals surface area contributed by atoms with Crippen molar-refractivity contribution in [2.45, 2.75) is 96.1 Å². The summed E-state index contributed by atoms with van der Waals surface area (Å²) in [5.74, 6) is -0.447. The number of benzene rings is 1. The molecule has 0 heterocycles. The molecular weight excluding hydrogens is 358 g/mol. The number of rotatable bonds is 5. The van der Waals surface area contributed by atoms with Gasteiger partial charge >= 0.3 is 0 Å². The standard InChI is InChI=1S/C22H35NO3S/c1-15-12-18(22(4,5)6)13-16(2)20(15)14-27(25,26)17(3)21(24)23-19-10-8-7-9-11-19/h12-13,17,19H,7-11,14H2,1-6H3,(H,23,24). The average molecular weight is 394 g/mol. The molecule has 1 fully saturated rings. The van der Waals surface area contributed by atoms with E-state index in [4.69, 9.17) is 0 Å². The Balaban J connectivity index is 2.16. The lowest BCUT2D eigenvalue weighted by Crippen LogP contribution is -2.44. The molecule has 5 heteroatoms. The molecule has 152 valence electrons. The first-order valence-electron chi connectivity index (χ1n) is 10.0. The zero-order chi connectivity index (χ0) is 20.4. The minimum atomic E-state index is -3.57. The topological polar surface area (TPSA) is 63.2 Å². The normalized spacial score (nSPS) is 17.6. The molecule has 1 saturated carbocycles. The summed E-state index contributed by atoms with van der Waals surface area (Å²) in [7, 11) is -3.57. The maximum absolute atomic E-state index is 12.9. The Kier molecular flexibility index (Phi) is 6.77. The Hall–Kier alpha value is -1.36. The van der Waals surface area contributed by atoms with E-state index in [9.17, 15) is 13.2 Å². The van der Waals surface area contributed by atoms with Crippen LogP contribution in [0, 0.1) is 13.8 Å². The van der Waals surface area contributed by atoms with Crippen molar-refractivity contribution in [2.24, 2.45) is 0 Å². The number of hydrogen-bond donors (Lipinski definition) is 1. The van der Waals surface area contributed by atoms with Crippen molar-refractivity contribution >= 4 is 15.7 Å². The quantitative estimate of drug-likeness (QED) is 0.809. The maximum atomic E-state index is 12.9. The average Bonchev–Trinajstić information content (AvgIpc) is 2.57. The van der Waals surface area contributed by atoms with Gasteiger partial charge in [-0.3, -0.25) is 4.79 Å². The molecule has 1 amide bonds. The van der Waals surface area contributed by atoms with Crippen LogP contribution in [0.15, 0.2) is 12.1 Å². The van der Waals surface area contributed by atoms with Gasteiger partial charge in [-0.1, -0.05) is 52.2 Å². The summed E-state index contributed by atoms with van der Waals surface area (Å²) in [4.78, 5) is 12.5. The maximum Gasteiger partial charge on any atom is 0.238 e. The Morgan fingerprint density at radius 1 is 1.11 bits per heavy atom. The van der Waals surface area contributed by atoms with Crippen molar-refractivity contribution < 1.29 is 13.2 Å². The van der Waals surface area contributed by atoms with Crippen LogP contribution in [0.4, 0.5) is 0 Å². The number of hydrogen-bond acceptors (Lipinski definition) is 3. The second-order valence-electron chi connectivity index (χ2n) is 9.13. The molecule has 0 aromatic heterocycles. The first-order chi connectivity index (χ1) is 12.4. The molecule has 0 spiro atoms. The summed E-state index contributed by atoms with van der Waals surface area (Å²) in [5.41, 5.74) is 3.98. The molecule has 0 saturated heterocycles. The summed E-state index contributed by atoms with van der Waals surface area (Å²) < 4.78 is 25.8. The molecule has 27 heavy (non-hydrogen) atoms. The molecule has 1 aliphatic carbocycles. The third-order valence-corrected chi connectivity index (χ3v) is 7.75. The smallest absolute Gasteiger partial charge is 0.238 e. The van der Waals surface area contributed by atoms with Gasteiger partial charge in [0, 0.05) is 6.04 Å². The molecule has 1 unspecified atom stereocenters. The van der Waals surface area contributed by atoms with Crippen molar-refractivity contribution in [3.05, 3.63) is 34.4 Å². The number of carbonyl (C=O) groups excluding carboxylic acids is 1. The van der Waals surface area contributed by atoms with Crippen molar-refractivity contribution in [1.82, 2.24) is 5.32 Å². The van der Waals surface area contributed by atoms with E-state index in [2.05, 4.69) is 38.2 Å². The highest BCUT2D eigenvalue weighted by Crippen LogP contribution is 2.28. The predicted octanol–water partition coefficient (Wildman–Crippen LogP) is 4.35. The number of carbonyl (C=O) groups is 1. The molecule has 4 nitrogen and oxygen atoms in total. The van der Waals surface area contributed by atoms with Crippen LogP contribution in [-0.2, 0) is 25.8 Å². The third kappa shape index (κ3) is 5.56. The second kappa shape index (κ2) is 8.34. The van der Waals surface area contributed by atoms with Crippen LogP contribution in [-0.4, -0.2) is 25.6 Å². The highest BCUT2D eigenvalue weighted by molar-refractivity contribution is 7.92. The number of sulfone groups is 1. The molecule has 1 aromatic rings. The first kappa shape index (κ1) is 21.9. The first-order valence-corrected chi connectivity index (χ1v) is 11.8. The second-order valence-corrected chi connectivity index (χ2v) is 11.5. The third-order valence-electron chi connectivity index (χ3n) is 5.77. The van der Waals surface area contributed by atoms with Crippen LogP contribution >= 0.6 is 0 Å². The van der Waals surface area contributed by atoms with E-state index in [0.29, 0.717) is 0 Å². The van der Waals surface area contributed by atoms with E-state index in [1.165, 1.54) is 18.9 Å². The Labute approximate surface area is 165 Å². The summed E-state index contributed by atoms with van der Waals surface area (Å²) in [6, 6.07) is 4.27. The SMILES string of the molecule is Cc1cc(C(C)(C)C)cc(C)c1CS(=O)(=O)C(C)C(=O)NC1CCCCC1. The van der Waals surface area contributed by atoms with Crippen LogP contribution in [0.3, 0.4) is 0 Å². The minimum absolute atomic E-state index is 0.0140. The van der Waals surface area contributed by atoms with Gasteiger partial charge in [0.1, 0.15) is 5.25 Å². The summed E-state index contributed by atoms with van der Waals surface area (Å²) in [6.07, 6.45) is 5.30. The lowest BCUT2D eigenvalue weighted by molar-refractivity contribution is -0.121. The molecule has 2 rings (SSSR count). The number of amides is 1. The monoisotopic (exact) mass is 393 g/mol. The minimum Gasteiger partial charge on any atom is -0.352 e.